The number of hydrogen-bond acceptors (Lipinski definition) is 3. The van der Waals surface area contributed by atoms with E-state index in [0.29, 0.717) is 10.6 Å². The summed E-state index contributed by atoms with van der Waals surface area (Å²) >= 11 is 1.18. The molecule has 0 fully saturated rings. The zero-order valence-electron chi connectivity index (χ0n) is 10.4. The van der Waals surface area contributed by atoms with Crippen molar-refractivity contribution in [3.05, 3.63) is 48.0 Å². The Bertz CT molecular complexity index is 594. The van der Waals surface area contributed by atoms with Gasteiger partial charge >= 0.3 is 6.18 Å². The summed E-state index contributed by atoms with van der Waals surface area (Å²) in [5, 5.41) is 9.26. The number of rotatable bonds is 3. The lowest BCUT2D eigenvalue weighted by atomic mass is 10.2. The predicted octanol–water partition coefficient (Wildman–Crippen LogP) is 4.57. The van der Waals surface area contributed by atoms with Crippen molar-refractivity contribution in [3.63, 3.8) is 0 Å². The van der Waals surface area contributed by atoms with Crippen molar-refractivity contribution >= 4 is 11.8 Å². The molecule has 0 aromatic heterocycles. The fourth-order valence-electron chi connectivity index (χ4n) is 1.59. The molecule has 0 aliphatic heterocycles. The smallest absolute Gasteiger partial charge is 0.419 e. The zero-order valence-corrected chi connectivity index (χ0v) is 11.3. The van der Waals surface area contributed by atoms with E-state index in [1.165, 1.54) is 24.9 Å². The minimum Gasteiger partial charge on any atom is -0.507 e. The van der Waals surface area contributed by atoms with Crippen LogP contribution in [0, 0.1) is 0 Å². The van der Waals surface area contributed by atoms with Gasteiger partial charge in [0.15, 0.2) is 0 Å². The monoisotopic (exact) mass is 300 g/mol. The van der Waals surface area contributed by atoms with Crippen molar-refractivity contribution in [1.82, 2.24) is 0 Å². The van der Waals surface area contributed by atoms with Gasteiger partial charge in [0, 0.05) is 9.79 Å². The van der Waals surface area contributed by atoms with Crippen molar-refractivity contribution in [1.29, 1.82) is 0 Å². The number of alkyl halides is 3. The van der Waals surface area contributed by atoms with Gasteiger partial charge in [0.2, 0.25) is 0 Å². The summed E-state index contributed by atoms with van der Waals surface area (Å²) in [6.07, 6.45) is -4.57. The molecule has 6 heteroatoms. The standard InChI is InChI=1S/C14H11F3O2S/c1-19-9-2-4-10(5-3-9)20-11-6-7-13(18)12(8-11)14(15,16)17/h2-8,18H,1H3. The molecule has 0 spiro atoms. The fraction of sp³-hybridized carbons (Fsp3) is 0.143. The Kier molecular flexibility index (Phi) is 4.13. The van der Waals surface area contributed by atoms with Crippen LogP contribution in [-0.2, 0) is 6.18 Å². The predicted molar refractivity (Wildman–Crippen MR) is 70.2 cm³/mol. The Morgan fingerprint density at radius 1 is 1.00 bits per heavy atom. The van der Waals surface area contributed by atoms with Gasteiger partial charge in [0.1, 0.15) is 11.5 Å². The lowest BCUT2D eigenvalue weighted by Crippen LogP contribution is -2.05. The molecular formula is C14H11F3O2S. The van der Waals surface area contributed by atoms with Gasteiger partial charge in [-0.15, -0.1) is 0 Å². The molecule has 0 bridgehead atoms. The second-order valence-corrected chi connectivity index (χ2v) is 5.10. The van der Waals surface area contributed by atoms with Gasteiger partial charge in [-0.1, -0.05) is 11.8 Å². The van der Waals surface area contributed by atoms with E-state index in [1.807, 2.05) is 0 Å². The molecular weight excluding hydrogens is 289 g/mol. The summed E-state index contributed by atoms with van der Waals surface area (Å²) in [5.41, 5.74) is -1.03. The van der Waals surface area contributed by atoms with E-state index >= 15 is 0 Å². The zero-order chi connectivity index (χ0) is 14.8. The Labute approximate surface area is 118 Å². The lowest BCUT2D eigenvalue weighted by Gasteiger charge is -2.10. The molecule has 20 heavy (non-hydrogen) atoms. The molecule has 0 atom stereocenters. The second kappa shape index (κ2) is 5.66. The number of benzene rings is 2. The summed E-state index contributed by atoms with van der Waals surface area (Å²) in [6.45, 7) is 0. The maximum atomic E-state index is 12.7. The third-order valence-corrected chi connectivity index (χ3v) is 3.57. The van der Waals surface area contributed by atoms with Crippen LogP contribution in [0.2, 0.25) is 0 Å². The largest absolute Gasteiger partial charge is 0.507 e. The van der Waals surface area contributed by atoms with Crippen molar-refractivity contribution in [3.8, 4) is 11.5 Å². The maximum absolute atomic E-state index is 12.7. The molecule has 2 aromatic carbocycles. The normalized spacial score (nSPS) is 11.4. The highest BCUT2D eigenvalue weighted by molar-refractivity contribution is 7.99. The molecule has 0 saturated carbocycles. The molecule has 0 unspecified atom stereocenters. The summed E-state index contributed by atoms with van der Waals surface area (Å²) in [6, 6.07) is 10.4. The molecule has 2 rings (SSSR count). The van der Waals surface area contributed by atoms with Crippen LogP contribution >= 0.6 is 11.8 Å². The number of phenolic OH excluding ortho intramolecular Hbond substituents is 1. The number of phenols is 1. The van der Waals surface area contributed by atoms with Crippen molar-refractivity contribution in [2.45, 2.75) is 16.0 Å². The quantitative estimate of drug-likeness (QED) is 0.900. The van der Waals surface area contributed by atoms with E-state index < -0.39 is 17.5 Å². The summed E-state index contributed by atoms with van der Waals surface area (Å²) in [4.78, 5) is 1.19. The van der Waals surface area contributed by atoms with Crippen LogP contribution in [0.4, 0.5) is 13.2 Å². The average molecular weight is 300 g/mol. The molecule has 106 valence electrons. The van der Waals surface area contributed by atoms with Gasteiger partial charge < -0.3 is 9.84 Å². The molecule has 2 nitrogen and oxygen atoms in total. The van der Waals surface area contributed by atoms with Crippen molar-refractivity contribution < 1.29 is 23.0 Å². The van der Waals surface area contributed by atoms with E-state index in [2.05, 4.69) is 0 Å². The van der Waals surface area contributed by atoms with E-state index in [1.54, 1.807) is 24.3 Å². The molecule has 0 aliphatic carbocycles. The van der Waals surface area contributed by atoms with Gasteiger partial charge in [0.25, 0.3) is 0 Å². The molecule has 1 N–H and O–H groups in total. The third kappa shape index (κ3) is 3.39. The minimum atomic E-state index is -4.57. The fourth-order valence-corrected chi connectivity index (χ4v) is 2.44. The summed E-state index contributed by atoms with van der Waals surface area (Å²) in [5.74, 6) is -0.0902. The Hall–Kier alpha value is -1.82. The number of halogens is 3. The Morgan fingerprint density at radius 2 is 1.60 bits per heavy atom. The van der Waals surface area contributed by atoms with E-state index in [4.69, 9.17) is 4.74 Å². The minimum absolute atomic E-state index is 0.403. The van der Waals surface area contributed by atoms with Crippen LogP contribution < -0.4 is 4.74 Å². The van der Waals surface area contributed by atoms with E-state index in [-0.39, 0.29) is 0 Å². The highest BCUT2D eigenvalue weighted by Crippen LogP contribution is 2.39. The molecule has 0 radical (unpaired) electrons. The van der Waals surface area contributed by atoms with Gasteiger partial charge in [0.05, 0.1) is 12.7 Å². The molecule has 0 saturated heterocycles. The van der Waals surface area contributed by atoms with Crippen molar-refractivity contribution in [2.75, 3.05) is 7.11 Å². The van der Waals surface area contributed by atoms with Crippen LogP contribution in [0.15, 0.2) is 52.3 Å². The second-order valence-electron chi connectivity index (χ2n) is 3.95. The summed E-state index contributed by atoms with van der Waals surface area (Å²) < 4.78 is 43.0. The van der Waals surface area contributed by atoms with Gasteiger partial charge in [-0.3, -0.25) is 0 Å². The first-order chi connectivity index (χ1) is 9.40. The number of methoxy groups -OCH3 is 1. The Morgan fingerprint density at radius 3 is 2.15 bits per heavy atom. The first-order valence-corrected chi connectivity index (χ1v) is 6.44. The van der Waals surface area contributed by atoms with Gasteiger partial charge in [-0.05, 0) is 42.5 Å². The van der Waals surface area contributed by atoms with Crippen molar-refractivity contribution in [2.24, 2.45) is 0 Å². The SMILES string of the molecule is COc1ccc(Sc2ccc(O)c(C(F)(F)F)c2)cc1. The summed E-state index contributed by atoms with van der Waals surface area (Å²) in [7, 11) is 1.54. The molecule has 0 aliphatic rings. The van der Waals surface area contributed by atoms with E-state index in [0.717, 1.165) is 17.0 Å². The first kappa shape index (κ1) is 14.6. The number of hydrogen-bond donors (Lipinski definition) is 1. The van der Waals surface area contributed by atoms with Gasteiger partial charge in [-0.25, -0.2) is 0 Å². The van der Waals surface area contributed by atoms with Crippen LogP contribution in [0.3, 0.4) is 0 Å². The number of aromatic hydroxyl groups is 1. The highest BCUT2D eigenvalue weighted by atomic mass is 32.2. The van der Waals surface area contributed by atoms with Crippen LogP contribution in [-0.4, -0.2) is 12.2 Å². The molecule has 0 amide bonds. The average Bonchev–Trinajstić information content (AvgIpc) is 2.40. The van der Waals surface area contributed by atoms with Crippen LogP contribution in [0.5, 0.6) is 11.5 Å². The van der Waals surface area contributed by atoms with E-state index in [9.17, 15) is 18.3 Å². The topological polar surface area (TPSA) is 29.5 Å². The first-order valence-electron chi connectivity index (χ1n) is 5.62. The lowest BCUT2D eigenvalue weighted by molar-refractivity contribution is -0.138. The molecule has 2 aromatic rings. The number of ether oxygens (including phenoxy) is 1. The van der Waals surface area contributed by atoms with Crippen LogP contribution in [0.1, 0.15) is 5.56 Å². The third-order valence-electron chi connectivity index (χ3n) is 2.57. The van der Waals surface area contributed by atoms with Gasteiger partial charge in [-0.2, -0.15) is 13.2 Å². The highest BCUT2D eigenvalue weighted by Gasteiger charge is 2.34. The maximum Gasteiger partial charge on any atom is 0.419 e. The molecule has 0 heterocycles. The van der Waals surface area contributed by atoms with Crippen LogP contribution in [0.25, 0.3) is 0 Å². The Balaban J connectivity index is 2.25.